The van der Waals surface area contributed by atoms with E-state index in [-0.39, 0.29) is 43.3 Å². The number of benzene rings is 2. The predicted octanol–water partition coefficient (Wildman–Crippen LogP) is 2.45. The number of nitrogens with one attached hydrogen (secondary N) is 3. The fourth-order valence-electron chi connectivity index (χ4n) is 4.17. The summed E-state index contributed by atoms with van der Waals surface area (Å²) in [5, 5.41) is 8.93. The second-order valence-electron chi connectivity index (χ2n) is 8.37. The SMILES string of the molecule is CC(=O)N[C@H]1C[C@H](C(=O)Nc2ccc(N3CCOCC3=O)cc2)N(C(=O)Nc2ccc(Cl)cc2)C1. The second-order valence-corrected chi connectivity index (χ2v) is 8.81. The van der Waals surface area contributed by atoms with Crippen LogP contribution < -0.4 is 20.9 Å². The Morgan fingerprint density at radius 2 is 1.66 bits per heavy atom. The Balaban J connectivity index is 1.45. The van der Waals surface area contributed by atoms with Crippen LogP contribution in [0, 0.1) is 0 Å². The van der Waals surface area contributed by atoms with Gasteiger partial charge in [0.1, 0.15) is 12.6 Å². The van der Waals surface area contributed by atoms with Crippen LogP contribution in [-0.4, -0.2) is 67.0 Å². The number of carbonyl (C=O) groups is 4. The van der Waals surface area contributed by atoms with E-state index in [2.05, 4.69) is 16.0 Å². The zero-order valence-corrected chi connectivity index (χ0v) is 19.9. The van der Waals surface area contributed by atoms with Crippen molar-refractivity contribution in [2.45, 2.75) is 25.4 Å². The zero-order chi connectivity index (χ0) is 24.9. The predicted molar refractivity (Wildman–Crippen MR) is 131 cm³/mol. The average Bonchev–Trinajstić information content (AvgIpc) is 3.25. The zero-order valence-electron chi connectivity index (χ0n) is 19.1. The first-order chi connectivity index (χ1) is 16.8. The summed E-state index contributed by atoms with van der Waals surface area (Å²) < 4.78 is 5.15. The number of likely N-dealkylation sites (tertiary alicyclic amines) is 1. The number of urea groups is 1. The highest BCUT2D eigenvalue weighted by Gasteiger charge is 2.40. The molecule has 184 valence electrons. The first-order valence-corrected chi connectivity index (χ1v) is 11.6. The molecule has 2 saturated heterocycles. The highest BCUT2D eigenvalue weighted by atomic mass is 35.5. The van der Waals surface area contributed by atoms with Crippen molar-refractivity contribution in [3.05, 3.63) is 53.6 Å². The van der Waals surface area contributed by atoms with Crippen LogP contribution in [0.15, 0.2) is 48.5 Å². The lowest BCUT2D eigenvalue weighted by Gasteiger charge is -2.27. The van der Waals surface area contributed by atoms with Gasteiger partial charge in [-0.15, -0.1) is 0 Å². The van der Waals surface area contributed by atoms with Gasteiger partial charge in [0, 0.05) is 48.1 Å². The Bertz CT molecular complexity index is 1110. The number of nitrogens with zero attached hydrogens (tertiary/aromatic N) is 2. The first kappa shape index (κ1) is 24.5. The van der Waals surface area contributed by atoms with Gasteiger partial charge >= 0.3 is 6.03 Å². The van der Waals surface area contributed by atoms with Crippen molar-refractivity contribution in [1.82, 2.24) is 10.2 Å². The highest BCUT2D eigenvalue weighted by molar-refractivity contribution is 6.30. The minimum Gasteiger partial charge on any atom is -0.370 e. The quantitative estimate of drug-likeness (QED) is 0.583. The standard InChI is InChI=1S/C24H26ClN5O5/c1-15(31)26-19-12-21(30(13-19)24(34)28-18-4-2-16(25)3-5-18)23(33)27-17-6-8-20(9-7-17)29-10-11-35-14-22(29)32/h2-9,19,21H,10-14H2,1H3,(H,26,31)(H,27,33)(H,28,34)/t19-,21+/m0/s1. The lowest BCUT2D eigenvalue weighted by Crippen LogP contribution is -2.45. The van der Waals surface area contributed by atoms with Crippen molar-refractivity contribution >= 4 is 52.4 Å². The molecular weight excluding hydrogens is 474 g/mol. The Morgan fingerprint density at radius 1 is 1.00 bits per heavy atom. The molecular formula is C24H26ClN5O5. The first-order valence-electron chi connectivity index (χ1n) is 11.2. The lowest BCUT2D eigenvalue weighted by molar-refractivity contribution is -0.125. The van der Waals surface area contributed by atoms with Crippen LogP contribution in [0.25, 0.3) is 0 Å². The summed E-state index contributed by atoms with van der Waals surface area (Å²) in [6.07, 6.45) is 0.278. The van der Waals surface area contributed by atoms with Gasteiger partial charge in [-0.25, -0.2) is 4.79 Å². The van der Waals surface area contributed by atoms with Crippen LogP contribution >= 0.6 is 11.6 Å². The summed E-state index contributed by atoms with van der Waals surface area (Å²) in [6, 6.07) is 11.9. The number of hydrogen-bond donors (Lipinski definition) is 3. The van der Waals surface area contributed by atoms with Gasteiger partial charge in [-0.3, -0.25) is 14.4 Å². The molecule has 3 N–H and O–H groups in total. The maximum atomic E-state index is 13.2. The maximum absolute atomic E-state index is 13.2. The topological polar surface area (TPSA) is 120 Å². The van der Waals surface area contributed by atoms with Crippen LogP contribution in [-0.2, 0) is 19.1 Å². The largest absolute Gasteiger partial charge is 0.370 e. The van der Waals surface area contributed by atoms with Gasteiger partial charge in [0.25, 0.3) is 5.91 Å². The summed E-state index contributed by atoms with van der Waals surface area (Å²) in [7, 11) is 0. The number of amides is 5. The highest BCUT2D eigenvalue weighted by Crippen LogP contribution is 2.24. The third-order valence-corrected chi connectivity index (χ3v) is 6.05. The molecule has 0 unspecified atom stereocenters. The normalized spacial score (nSPS) is 19.9. The van der Waals surface area contributed by atoms with Crippen LogP contribution in [0.3, 0.4) is 0 Å². The summed E-state index contributed by atoms with van der Waals surface area (Å²) in [5.41, 5.74) is 1.78. The van der Waals surface area contributed by atoms with E-state index in [1.807, 2.05) is 0 Å². The Labute approximate surface area is 207 Å². The molecule has 0 aliphatic carbocycles. The molecule has 2 aliphatic rings. The van der Waals surface area contributed by atoms with Gasteiger partial charge in [-0.1, -0.05) is 11.6 Å². The molecule has 0 spiro atoms. The van der Waals surface area contributed by atoms with E-state index in [1.165, 1.54) is 11.8 Å². The van der Waals surface area contributed by atoms with Crippen LogP contribution in [0.4, 0.5) is 21.9 Å². The molecule has 10 nitrogen and oxygen atoms in total. The van der Waals surface area contributed by atoms with Gasteiger partial charge in [-0.2, -0.15) is 0 Å². The van der Waals surface area contributed by atoms with E-state index in [0.717, 1.165) is 0 Å². The van der Waals surface area contributed by atoms with Crippen molar-refractivity contribution in [2.75, 3.05) is 41.8 Å². The van der Waals surface area contributed by atoms with E-state index >= 15 is 0 Å². The fourth-order valence-corrected chi connectivity index (χ4v) is 4.30. The number of rotatable bonds is 5. The second kappa shape index (κ2) is 10.7. The fraction of sp³-hybridized carbons (Fsp3) is 0.333. The Kier molecular flexibility index (Phi) is 7.52. The molecule has 4 rings (SSSR count). The van der Waals surface area contributed by atoms with Crippen molar-refractivity contribution < 1.29 is 23.9 Å². The summed E-state index contributed by atoms with van der Waals surface area (Å²) in [5.74, 6) is -0.730. The Hall–Kier alpha value is -3.63. The van der Waals surface area contributed by atoms with E-state index in [1.54, 1.807) is 53.4 Å². The molecule has 2 aromatic rings. The molecule has 2 fully saturated rings. The van der Waals surface area contributed by atoms with Crippen molar-refractivity contribution in [3.63, 3.8) is 0 Å². The van der Waals surface area contributed by atoms with Crippen LogP contribution in [0.2, 0.25) is 5.02 Å². The summed E-state index contributed by atoms with van der Waals surface area (Å²) in [6.45, 7) is 2.56. The molecule has 2 aliphatic heterocycles. The number of carbonyl (C=O) groups excluding carboxylic acids is 4. The maximum Gasteiger partial charge on any atom is 0.322 e. The van der Waals surface area contributed by atoms with Gasteiger partial charge < -0.3 is 30.5 Å². The number of hydrogen-bond acceptors (Lipinski definition) is 5. The van der Waals surface area contributed by atoms with E-state index in [0.29, 0.717) is 35.2 Å². The molecule has 0 aromatic heterocycles. The monoisotopic (exact) mass is 499 g/mol. The van der Waals surface area contributed by atoms with Crippen molar-refractivity contribution in [1.29, 1.82) is 0 Å². The molecule has 11 heteroatoms. The Morgan fingerprint density at radius 3 is 2.31 bits per heavy atom. The van der Waals surface area contributed by atoms with Crippen molar-refractivity contribution in [3.8, 4) is 0 Å². The molecule has 2 heterocycles. The average molecular weight is 500 g/mol. The van der Waals surface area contributed by atoms with E-state index in [4.69, 9.17) is 16.3 Å². The summed E-state index contributed by atoms with van der Waals surface area (Å²) >= 11 is 5.90. The molecule has 0 bridgehead atoms. The van der Waals surface area contributed by atoms with E-state index < -0.39 is 12.1 Å². The smallest absolute Gasteiger partial charge is 0.322 e. The third-order valence-electron chi connectivity index (χ3n) is 5.80. The number of anilines is 3. The lowest BCUT2D eigenvalue weighted by atomic mass is 10.1. The number of morpholine rings is 1. The molecule has 5 amide bonds. The molecule has 2 atom stereocenters. The molecule has 0 radical (unpaired) electrons. The molecule has 35 heavy (non-hydrogen) atoms. The number of halogens is 1. The number of ether oxygens (including phenoxy) is 1. The molecule has 2 aromatic carbocycles. The molecule has 0 saturated carbocycles. The summed E-state index contributed by atoms with van der Waals surface area (Å²) in [4.78, 5) is 52.8. The van der Waals surface area contributed by atoms with Gasteiger partial charge in [0.05, 0.1) is 6.61 Å². The van der Waals surface area contributed by atoms with Crippen molar-refractivity contribution in [2.24, 2.45) is 0 Å². The van der Waals surface area contributed by atoms with Gasteiger partial charge in [0.2, 0.25) is 11.8 Å². The van der Waals surface area contributed by atoms with E-state index in [9.17, 15) is 19.2 Å². The van der Waals surface area contributed by atoms with Crippen LogP contribution in [0.5, 0.6) is 0 Å². The third kappa shape index (κ3) is 6.09. The van der Waals surface area contributed by atoms with Gasteiger partial charge in [-0.05, 0) is 55.0 Å². The minimum atomic E-state index is -0.792. The van der Waals surface area contributed by atoms with Gasteiger partial charge in [0.15, 0.2) is 0 Å². The van der Waals surface area contributed by atoms with Crippen LogP contribution in [0.1, 0.15) is 13.3 Å². The minimum absolute atomic E-state index is 0.0452.